The molecule has 3 N–H and O–H groups in total. The number of aromatic hydroxyl groups is 1. The van der Waals surface area contributed by atoms with E-state index in [0.29, 0.717) is 22.2 Å². The van der Waals surface area contributed by atoms with Crippen molar-refractivity contribution < 1.29 is 27.6 Å². The minimum absolute atomic E-state index is 0.0132. The Hall–Kier alpha value is -3.99. The Bertz CT molecular complexity index is 1650. The number of phenolic OH excluding ortho intramolecular Hbond substituents is 1. The topological polar surface area (TPSA) is 138 Å². The van der Waals surface area contributed by atoms with Gasteiger partial charge in [0.2, 0.25) is 0 Å². The Balaban J connectivity index is 1.82. The van der Waals surface area contributed by atoms with E-state index in [1.54, 1.807) is 55.5 Å². The van der Waals surface area contributed by atoms with E-state index in [-0.39, 0.29) is 33.9 Å². The lowest BCUT2D eigenvalue weighted by molar-refractivity contribution is 0.102. The summed E-state index contributed by atoms with van der Waals surface area (Å²) >= 11 is 6.02. The first-order chi connectivity index (χ1) is 17.6. The summed E-state index contributed by atoms with van der Waals surface area (Å²) in [6.07, 6.45) is 0.180. The van der Waals surface area contributed by atoms with Gasteiger partial charge in [0.1, 0.15) is 16.3 Å². The molecule has 1 amide bonds. The molecule has 0 bridgehead atoms. The number of phenols is 1. The number of nitrogens with one attached hydrogen (secondary N) is 1. The highest BCUT2D eigenvalue weighted by Gasteiger charge is 2.23. The zero-order valence-electron chi connectivity index (χ0n) is 19.8. The summed E-state index contributed by atoms with van der Waals surface area (Å²) in [5.41, 5.74) is 0.732. The summed E-state index contributed by atoms with van der Waals surface area (Å²) in [5.74, 6) is -0.443. The molecule has 0 spiro atoms. The quantitative estimate of drug-likeness (QED) is 0.177. The van der Waals surface area contributed by atoms with Crippen LogP contribution in [0.5, 0.6) is 11.5 Å². The zero-order valence-corrected chi connectivity index (χ0v) is 21.3. The SMILES string of the molecule is CCc1c(N=Nc2c(O)c(C(=O)Nc3cccc(OC)c3)cc3ccccc23)ccc(Cl)c1S(=O)(=O)O. The first-order valence-electron chi connectivity index (χ1n) is 11.0. The lowest BCUT2D eigenvalue weighted by Gasteiger charge is -2.12. The number of methoxy groups -OCH3 is 1. The molecular formula is C26H22ClN3O6S. The van der Waals surface area contributed by atoms with Gasteiger partial charge in [-0.05, 0) is 42.1 Å². The van der Waals surface area contributed by atoms with Gasteiger partial charge >= 0.3 is 0 Å². The predicted octanol–water partition coefficient (Wildman–Crippen LogP) is 6.68. The van der Waals surface area contributed by atoms with Crippen molar-refractivity contribution in [2.45, 2.75) is 18.2 Å². The van der Waals surface area contributed by atoms with Crippen LogP contribution in [-0.4, -0.2) is 31.1 Å². The number of nitrogens with zero attached hydrogens (tertiary/aromatic N) is 2. The van der Waals surface area contributed by atoms with E-state index in [9.17, 15) is 22.9 Å². The lowest BCUT2D eigenvalue weighted by atomic mass is 10.0. The number of amides is 1. The number of carbonyl (C=O) groups excluding carboxylic acids is 1. The molecule has 9 nitrogen and oxygen atoms in total. The van der Waals surface area contributed by atoms with Crippen LogP contribution in [0.1, 0.15) is 22.8 Å². The maximum absolute atomic E-state index is 13.1. The molecule has 190 valence electrons. The number of carbonyl (C=O) groups is 1. The van der Waals surface area contributed by atoms with Crippen LogP contribution < -0.4 is 10.1 Å². The van der Waals surface area contributed by atoms with Crippen LogP contribution in [0.2, 0.25) is 5.02 Å². The van der Waals surface area contributed by atoms with Gasteiger partial charge in [0, 0.05) is 22.7 Å². The van der Waals surface area contributed by atoms with E-state index in [2.05, 4.69) is 15.5 Å². The molecule has 0 aromatic heterocycles. The minimum atomic E-state index is -4.62. The number of hydrogen-bond acceptors (Lipinski definition) is 7. The third-order valence-corrected chi connectivity index (χ3v) is 7.03. The van der Waals surface area contributed by atoms with Crippen molar-refractivity contribution in [3.8, 4) is 11.5 Å². The highest BCUT2D eigenvalue weighted by Crippen LogP contribution is 2.41. The summed E-state index contributed by atoms with van der Waals surface area (Å²) in [4.78, 5) is 12.7. The molecule has 0 aliphatic heterocycles. The van der Waals surface area contributed by atoms with E-state index >= 15 is 0 Å². The third-order valence-electron chi connectivity index (χ3n) is 5.62. The van der Waals surface area contributed by atoms with E-state index in [4.69, 9.17) is 16.3 Å². The Kier molecular flexibility index (Phi) is 7.44. The summed E-state index contributed by atoms with van der Waals surface area (Å²) in [7, 11) is -3.11. The number of benzene rings is 4. The van der Waals surface area contributed by atoms with Crippen LogP contribution in [0.4, 0.5) is 17.1 Å². The van der Waals surface area contributed by atoms with Crippen LogP contribution >= 0.6 is 11.6 Å². The molecule has 0 aliphatic rings. The first-order valence-corrected chi connectivity index (χ1v) is 12.9. The van der Waals surface area contributed by atoms with E-state index in [1.165, 1.54) is 25.3 Å². The smallest absolute Gasteiger partial charge is 0.296 e. The molecule has 4 aromatic rings. The maximum Gasteiger partial charge on any atom is 0.296 e. The molecule has 0 saturated heterocycles. The highest BCUT2D eigenvalue weighted by atomic mass is 35.5. The van der Waals surface area contributed by atoms with Gasteiger partial charge in [-0.25, -0.2) is 0 Å². The average molecular weight is 540 g/mol. The van der Waals surface area contributed by atoms with Crippen LogP contribution in [0.3, 0.4) is 0 Å². The molecule has 0 radical (unpaired) electrons. The van der Waals surface area contributed by atoms with Crippen molar-refractivity contribution in [2.75, 3.05) is 12.4 Å². The monoisotopic (exact) mass is 539 g/mol. The fraction of sp³-hybridized carbons (Fsp3) is 0.115. The standard InChI is InChI=1S/C26H22ClN3O6S/c1-3-18-22(12-11-21(27)25(18)37(33,34)35)29-30-23-19-10-5-4-7-15(19)13-20(24(23)31)26(32)28-16-8-6-9-17(14-16)36-2/h4-14,31H,3H2,1-2H3,(H,28,32)(H,33,34,35). The molecule has 0 atom stereocenters. The number of fused-ring (bicyclic) bond motifs is 1. The molecule has 0 aliphatic carbocycles. The Labute approximate surface area is 218 Å². The second kappa shape index (κ2) is 10.6. The van der Waals surface area contributed by atoms with E-state index in [0.717, 1.165) is 0 Å². The molecule has 0 saturated carbocycles. The third kappa shape index (κ3) is 5.41. The molecule has 4 aromatic carbocycles. The predicted molar refractivity (Wildman–Crippen MR) is 141 cm³/mol. The minimum Gasteiger partial charge on any atom is -0.505 e. The van der Waals surface area contributed by atoms with Gasteiger partial charge in [0.25, 0.3) is 16.0 Å². The van der Waals surface area contributed by atoms with Crippen molar-refractivity contribution in [3.63, 3.8) is 0 Å². The first kappa shape index (κ1) is 26.1. The van der Waals surface area contributed by atoms with E-state index < -0.39 is 26.7 Å². The van der Waals surface area contributed by atoms with Gasteiger partial charge in [-0.2, -0.15) is 13.5 Å². The zero-order chi connectivity index (χ0) is 26.7. The Morgan fingerprint density at radius 3 is 2.51 bits per heavy atom. The van der Waals surface area contributed by atoms with Gasteiger partial charge in [0.15, 0.2) is 5.75 Å². The fourth-order valence-corrected chi connectivity index (χ4v) is 5.24. The van der Waals surface area contributed by atoms with Crippen molar-refractivity contribution >= 4 is 55.5 Å². The molecule has 0 unspecified atom stereocenters. The largest absolute Gasteiger partial charge is 0.505 e. The summed E-state index contributed by atoms with van der Waals surface area (Å²) in [5, 5.41) is 23.1. The van der Waals surface area contributed by atoms with Gasteiger partial charge in [-0.15, -0.1) is 5.11 Å². The van der Waals surface area contributed by atoms with Crippen molar-refractivity contribution in [2.24, 2.45) is 10.2 Å². The van der Waals surface area contributed by atoms with Crippen LogP contribution in [0.25, 0.3) is 10.8 Å². The number of ether oxygens (including phenoxy) is 1. The number of azo groups is 1. The second-order valence-corrected chi connectivity index (χ2v) is 9.70. The lowest BCUT2D eigenvalue weighted by Crippen LogP contribution is -2.12. The van der Waals surface area contributed by atoms with Crippen molar-refractivity contribution in [3.05, 3.63) is 82.9 Å². The van der Waals surface area contributed by atoms with Gasteiger partial charge in [-0.3, -0.25) is 9.35 Å². The highest BCUT2D eigenvalue weighted by molar-refractivity contribution is 7.86. The average Bonchev–Trinajstić information content (AvgIpc) is 2.87. The van der Waals surface area contributed by atoms with Gasteiger partial charge in [0.05, 0.1) is 23.4 Å². The molecule has 37 heavy (non-hydrogen) atoms. The van der Waals surface area contributed by atoms with Gasteiger partial charge < -0.3 is 15.2 Å². The number of hydrogen-bond donors (Lipinski definition) is 3. The molecular weight excluding hydrogens is 518 g/mol. The van der Waals surface area contributed by atoms with Crippen LogP contribution in [-0.2, 0) is 16.5 Å². The molecule has 0 fully saturated rings. The van der Waals surface area contributed by atoms with Crippen LogP contribution in [0.15, 0.2) is 81.9 Å². The Morgan fingerprint density at radius 1 is 1.05 bits per heavy atom. The number of halogens is 1. The van der Waals surface area contributed by atoms with Crippen LogP contribution in [0, 0.1) is 0 Å². The molecule has 0 heterocycles. The summed E-state index contributed by atoms with van der Waals surface area (Å²) in [6, 6.07) is 18.0. The second-order valence-electron chi connectivity index (χ2n) is 7.93. The normalized spacial score (nSPS) is 11.7. The maximum atomic E-state index is 13.1. The Morgan fingerprint density at radius 2 is 1.81 bits per heavy atom. The van der Waals surface area contributed by atoms with Crippen molar-refractivity contribution in [1.29, 1.82) is 0 Å². The number of rotatable bonds is 7. The summed E-state index contributed by atoms with van der Waals surface area (Å²) in [6.45, 7) is 1.68. The number of anilines is 1. The van der Waals surface area contributed by atoms with E-state index in [1.807, 2.05) is 0 Å². The molecule has 11 heteroatoms. The van der Waals surface area contributed by atoms with Gasteiger partial charge in [-0.1, -0.05) is 48.9 Å². The summed E-state index contributed by atoms with van der Waals surface area (Å²) < 4.78 is 38.6. The van der Waals surface area contributed by atoms with Crippen molar-refractivity contribution in [1.82, 2.24) is 0 Å². The molecule has 4 rings (SSSR count). The fourth-order valence-electron chi connectivity index (χ4n) is 3.90.